The monoisotopic (exact) mass is 249 g/mol. The van der Waals surface area contributed by atoms with Crippen LogP contribution in [-0.2, 0) is 20.9 Å². The summed E-state index contributed by atoms with van der Waals surface area (Å²) in [6.45, 7) is 1.68. The third-order valence-corrected chi connectivity index (χ3v) is 3.15. The van der Waals surface area contributed by atoms with Crippen LogP contribution in [0.25, 0.3) is 0 Å². The van der Waals surface area contributed by atoms with Crippen molar-refractivity contribution in [2.75, 3.05) is 20.3 Å². The van der Waals surface area contributed by atoms with Gasteiger partial charge in [-0.2, -0.15) is 0 Å². The van der Waals surface area contributed by atoms with Crippen molar-refractivity contribution >= 4 is 5.97 Å². The number of hydrogen-bond donors (Lipinski definition) is 1. The molecule has 0 unspecified atom stereocenters. The molecule has 1 aliphatic heterocycles. The summed E-state index contributed by atoms with van der Waals surface area (Å²) >= 11 is 0. The Kier molecular flexibility index (Phi) is 4.73. The quantitative estimate of drug-likeness (QED) is 0.800. The minimum atomic E-state index is -0.120. The molecule has 4 heteroatoms. The van der Waals surface area contributed by atoms with Crippen molar-refractivity contribution in [3.05, 3.63) is 35.9 Å². The van der Waals surface area contributed by atoms with E-state index in [0.717, 1.165) is 12.0 Å². The highest BCUT2D eigenvalue weighted by molar-refractivity contribution is 5.73. The van der Waals surface area contributed by atoms with Gasteiger partial charge in [0.1, 0.15) is 6.61 Å². The third-order valence-electron chi connectivity index (χ3n) is 3.15. The predicted molar refractivity (Wildman–Crippen MR) is 68.0 cm³/mol. The summed E-state index contributed by atoms with van der Waals surface area (Å²) in [5.74, 6) is -0.168. The summed E-state index contributed by atoms with van der Waals surface area (Å²) in [7, 11) is 1.67. The van der Waals surface area contributed by atoms with Crippen molar-refractivity contribution in [1.82, 2.24) is 5.32 Å². The third kappa shape index (κ3) is 3.55. The maximum absolute atomic E-state index is 11.9. The van der Waals surface area contributed by atoms with Gasteiger partial charge in [0.2, 0.25) is 0 Å². The maximum Gasteiger partial charge on any atom is 0.310 e. The van der Waals surface area contributed by atoms with Gasteiger partial charge in [0.05, 0.1) is 12.5 Å². The Morgan fingerprint density at radius 3 is 2.89 bits per heavy atom. The molecule has 1 N–H and O–H groups in total. The fourth-order valence-electron chi connectivity index (χ4n) is 2.17. The minimum absolute atomic E-state index is 0.0473. The number of methoxy groups -OCH3 is 1. The molecule has 0 amide bonds. The van der Waals surface area contributed by atoms with Crippen LogP contribution in [0, 0.1) is 5.92 Å². The van der Waals surface area contributed by atoms with Gasteiger partial charge in [-0.1, -0.05) is 30.3 Å². The van der Waals surface area contributed by atoms with Crippen molar-refractivity contribution < 1.29 is 14.3 Å². The van der Waals surface area contributed by atoms with E-state index in [0.29, 0.717) is 19.8 Å². The van der Waals surface area contributed by atoms with Crippen molar-refractivity contribution in [2.45, 2.75) is 19.1 Å². The van der Waals surface area contributed by atoms with Crippen LogP contribution < -0.4 is 5.32 Å². The normalized spacial score (nSPS) is 22.9. The highest BCUT2D eigenvalue weighted by Crippen LogP contribution is 2.16. The van der Waals surface area contributed by atoms with Gasteiger partial charge in [0.25, 0.3) is 0 Å². The van der Waals surface area contributed by atoms with E-state index in [1.165, 1.54) is 0 Å². The molecule has 0 bridgehead atoms. The smallest absolute Gasteiger partial charge is 0.310 e. The van der Waals surface area contributed by atoms with Gasteiger partial charge in [-0.25, -0.2) is 0 Å². The number of esters is 1. The maximum atomic E-state index is 11.9. The molecule has 2 atom stereocenters. The van der Waals surface area contributed by atoms with Crippen LogP contribution in [0.1, 0.15) is 12.0 Å². The van der Waals surface area contributed by atoms with Crippen molar-refractivity contribution in [2.24, 2.45) is 5.92 Å². The Balaban J connectivity index is 1.76. The zero-order chi connectivity index (χ0) is 12.8. The molecule has 0 aromatic heterocycles. The van der Waals surface area contributed by atoms with Crippen LogP contribution >= 0.6 is 0 Å². The topological polar surface area (TPSA) is 47.6 Å². The first-order valence-corrected chi connectivity index (χ1v) is 6.22. The van der Waals surface area contributed by atoms with E-state index >= 15 is 0 Å². The first kappa shape index (κ1) is 13.1. The lowest BCUT2D eigenvalue weighted by Gasteiger charge is -2.10. The molecule has 0 aliphatic carbocycles. The van der Waals surface area contributed by atoms with E-state index in [1.54, 1.807) is 7.11 Å². The average molecular weight is 249 g/mol. The Labute approximate surface area is 107 Å². The second-order valence-electron chi connectivity index (χ2n) is 4.59. The molecular formula is C14H19NO3. The summed E-state index contributed by atoms with van der Waals surface area (Å²) < 4.78 is 10.4. The molecule has 1 saturated heterocycles. The molecule has 0 radical (unpaired) electrons. The second-order valence-corrected chi connectivity index (χ2v) is 4.59. The largest absolute Gasteiger partial charge is 0.461 e. The molecule has 0 spiro atoms. The average Bonchev–Trinajstić information content (AvgIpc) is 2.86. The van der Waals surface area contributed by atoms with Gasteiger partial charge in [0, 0.05) is 19.7 Å². The fraction of sp³-hybridized carbons (Fsp3) is 0.500. The van der Waals surface area contributed by atoms with Gasteiger partial charge >= 0.3 is 5.97 Å². The molecule has 2 rings (SSSR count). The highest BCUT2D eigenvalue weighted by atomic mass is 16.5. The van der Waals surface area contributed by atoms with E-state index in [9.17, 15) is 4.79 Å². The standard InChI is InChI=1S/C14H19NO3/c1-17-10-13-7-12(8-15-13)14(16)18-9-11-5-3-2-4-6-11/h2-6,12-13,15H,7-10H2,1H3/t12-,13-/m1/s1. The van der Waals surface area contributed by atoms with Crippen LogP contribution in [0.5, 0.6) is 0 Å². The number of benzene rings is 1. The minimum Gasteiger partial charge on any atom is -0.461 e. The van der Waals surface area contributed by atoms with Crippen LogP contribution in [0.4, 0.5) is 0 Å². The first-order chi connectivity index (χ1) is 8.79. The number of ether oxygens (including phenoxy) is 2. The van der Waals surface area contributed by atoms with Gasteiger partial charge < -0.3 is 14.8 Å². The number of hydrogen-bond acceptors (Lipinski definition) is 4. The summed E-state index contributed by atoms with van der Waals surface area (Å²) in [6.07, 6.45) is 0.793. The highest BCUT2D eigenvalue weighted by Gasteiger charge is 2.30. The molecule has 98 valence electrons. The van der Waals surface area contributed by atoms with Crippen LogP contribution in [0.3, 0.4) is 0 Å². The summed E-state index contributed by atoms with van der Waals surface area (Å²) in [4.78, 5) is 11.9. The van der Waals surface area contributed by atoms with E-state index < -0.39 is 0 Å². The fourth-order valence-corrected chi connectivity index (χ4v) is 2.17. The van der Waals surface area contributed by atoms with Gasteiger partial charge in [-0.05, 0) is 12.0 Å². The first-order valence-electron chi connectivity index (χ1n) is 6.22. The Hall–Kier alpha value is -1.39. The number of nitrogens with one attached hydrogen (secondary N) is 1. The molecule has 0 saturated carbocycles. The van der Waals surface area contributed by atoms with E-state index in [1.807, 2.05) is 30.3 Å². The molecular weight excluding hydrogens is 230 g/mol. The second kappa shape index (κ2) is 6.52. The lowest BCUT2D eigenvalue weighted by Crippen LogP contribution is -2.26. The van der Waals surface area contributed by atoms with Crippen LogP contribution in [0.15, 0.2) is 30.3 Å². The molecule has 1 heterocycles. The summed E-state index contributed by atoms with van der Waals surface area (Å²) in [5.41, 5.74) is 1.02. The summed E-state index contributed by atoms with van der Waals surface area (Å²) in [5, 5.41) is 3.26. The Morgan fingerprint density at radius 2 is 2.17 bits per heavy atom. The Morgan fingerprint density at radius 1 is 1.39 bits per heavy atom. The van der Waals surface area contributed by atoms with Crippen LogP contribution in [-0.4, -0.2) is 32.3 Å². The lowest BCUT2D eigenvalue weighted by atomic mass is 10.1. The number of rotatable bonds is 5. The van der Waals surface area contributed by atoms with E-state index in [4.69, 9.17) is 9.47 Å². The Bertz CT molecular complexity index is 380. The molecule has 1 aromatic carbocycles. The van der Waals surface area contributed by atoms with E-state index in [2.05, 4.69) is 5.32 Å². The van der Waals surface area contributed by atoms with E-state index in [-0.39, 0.29) is 17.9 Å². The van der Waals surface area contributed by atoms with Crippen LogP contribution in [0.2, 0.25) is 0 Å². The lowest BCUT2D eigenvalue weighted by molar-refractivity contribution is -0.149. The SMILES string of the molecule is COC[C@H]1C[C@@H](C(=O)OCc2ccccc2)CN1. The molecule has 4 nitrogen and oxygen atoms in total. The van der Waals surface area contributed by atoms with Gasteiger partial charge in [0.15, 0.2) is 0 Å². The van der Waals surface area contributed by atoms with Gasteiger partial charge in [-0.3, -0.25) is 4.79 Å². The zero-order valence-corrected chi connectivity index (χ0v) is 10.6. The van der Waals surface area contributed by atoms with Crippen molar-refractivity contribution in [3.8, 4) is 0 Å². The molecule has 18 heavy (non-hydrogen) atoms. The molecule has 1 aromatic rings. The predicted octanol–water partition coefficient (Wildman–Crippen LogP) is 1.35. The number of carbonyl (C=O) groups is 1. The van der Waals surface area contributed by atoms with Crippen molar-refractivity contribution in [3.63, 3.8) is 0 Å². The number of carbonyl (C=O) groups excluding carboxylic acids is 1. The van der Waals surface area contributed by atoms with Crippen molar-refractivity contribution in [1.29, 1.82) is 0 Å². The van der Waals surface area contributed by atoms with Gasteiger partial charge in [-0.15, -0.1) is 0 Å². The zero-order valence-electron chi connectivity index (χ0n) is 10.6. The summed E-state index contributed by atoms with van der Waals surface area (Å²) in [6, 6.07) is 10.00. The molecule has 1 fully saturated rings. The molecule has 1 aliphatic rings.